The van der Waals surface area contributed by atoms with Gasteiger partial charge in [0.15, 0.2) is 0 Å². The molecule has 0 spiro atoms. The van der Waals surface area contributed by atoms with Crippen LogP contribution in [0.25, 0.3) is 5.57 Å². The SMILES string of the molecule is C(=CC(=CC=Nc1ccccc1)c1ccccc1)Nc1ccccc1. The molecule has 0 aliphatic carbocycles. The third kappa shape index (κ3) is 5.33. The molecule has 3 rings (SSSR count). The molecule has 0 radical (unpaired) electrons. The van der Waals surface area contributed by atoms with Crippen LogP contribution in [0.3, 0.4) is 0 Å². The van der Waals surface area contributed by atoms with E-state index in [2.05, 4.69) is 28.5 Å². The standard InChI is InChI=1S/C23H20N2/c1-4-10-20(11-5-1)21(16-18-24-22-12-6-2-7-13-22)17-19-25-23-14-8-3-9-15-23/h1-19,24H. The van der Waals surface area contributed by atoms with Gasteiger partial charge in [-0.15, -0.1) is 0 Å². The Labute approximate surface area is 148 Å². The lowest BCUT2D eigenvalue weighted by Crippen LogP contribution is -1.88. The molecule has 0 heterocycles. The van der Waals surface area contributed by atoms with Crippen LogP contribution in [0, 0.1) is 0 Å². The lowest BCUT2D eigenvalue weighted by Gasteiger charge is -2.03. The van der Waals surface area contributed by atoms with E-state index in [4.69, 9.17) is 0 Å². The van der Waals surface area contributed by atoms with Crippen molar-refractivity contribution in [3.63, 3.8) is 0 Å². The number of allylic oxidation sites excluding steroid dienone is 3. The molecule has 0 unspecified atom stereocenters. The lowest BCUT2D eigenvalue weighted by molar-refractivity contribution is 1.54. The Morgan fingerprint density at radius 2 is 1.32 bits per heavy atom. The Bertz CT molecular complexity index is 848. The van der Waals surface area contributed by atoms with E-state index in [1.165, 1.54) is 0 Å². The normalized spacial score (nSPS) is 11.9. The molecule has 0 amide bonds. The van der Waals surface area contributed by atoms with Crippen molar-refractivity contribution >= 4 is 23.2 Å². The fraction of sp³-hybridized carbons (Fsp3) is 0. The number of nitrogens with one attached hydrogen (secondary N) is 1. The van der Waals surface area contributed by atoms with Gasteiger partial charge in [-0.25, -0.2) is 0 Å². The molecule has 1 N–H and O–H groups in total. The predicted octanol–water partition coefficient (Wildman–Crippen LogP) is 6.10. The van der Waals surface area contributed by atoms with Crippen molar-refractivity contribution in [3.8, 4) is 0 Å². The largest absolute Gasteiger partial charge is 0.362 e. The second-order valence-electron chi connectivity index (χ2n) is 5.45. The molecule has 2 nitrogen and oxygen atoms in total. The van der Waals surface area contributed by atoms with E-state index in [9.17, 15) is 0 Å². The van der Waals surface area contributed by atoms with Crippen LogP contribution in [0.5, 0.6) is 0 Å². The third-order valence-corrected chi connectivity index (χ3v) is 3.63. The Balaban J connectivity index is 1.78. The molecule has 0 aliphatic rings. The molecular formula is C23H20N2. The van der Waals surface area contributed by atoms with Crippen LogP contribution in [0.15, 0.2) is 114 Å². The summed E-state index contributed by atoms with van der Waals surface area (Å²) < 4.78 is 0. The molecule has 25 heavy (non-hydrogen) atoms. The maximum absolute atomic E-state index is 4.48. The van der Waals surface area contributed by atoms with Crippen LogP contribution in [0.1, 0.15) is 5.56 Å². The molecule has 0 aliphatic heterocycles. The number of rotatable bonds is 6. The molecule has 3 aromatic carbocycles. The third-order valence-electron chi connectivity index (χ3n) is 3.63. The van der Waals surface area contributed by atoms with Gasteiger partial charge < -0.3 is 5.32 Å². The average Bonchev–Trinajstić information content (AvgIpc) is 2.69. The zero-order chi connectivity index (χ0) is 17.2. The number of hydrogen-bond acceptors (Lipinski definition) is 2. The van der Waals surface area contributed by atoms with Crippen molar-refractivity contribution in [1.82, 2.24) is 0 Å². The van der Waals surface area contributed by atoms with E-state index < -0.39 is 0 Å². The topological polar surface area (TPSA) is 24.4 Å². The van der Waals surface area contributed by atoms with Crippen LogP contribution in [0.4, 0.5) is 11.4 Å². The summed E-state index contributed by atoms with van der Waals surface area (Å²) >= 11 is 0. The number of nitrogens with zero attached hydrogens (tertiary/aromatic N) is 1. The average molecular weight is 324 g/mol. The van der Waals surface area contributed by atoms with Crippen molar-refractivity contribution in [2.24, 2.45) is 4.99 Å². The smallest absolute Gasteiger partial charge is 0.0629 e. The molecule has 2 heteroatoms. The molecule has 0 saturated heterocycles. The summed E-state index contributed by atoms with van der Waals surface area (Å²) in [4.78, 5) is 4.48. The van der Waals surface area contributed by atoms with Gasteiger partial charge in [-0.1, -0.05) is 66.7 Å². The van der Waals surface area contributed by atoms with Crippen molar-refractivity contribution in [1.29, 1.82) is 0 Å². The van der Waals surface area contributed by atoms with Gasteiger partial charge in [-0.05, 0) is 47.6 Å². The fourth-order valence-corrected chi connectivity index (χ4v) is 2.36. The maximum Gasteiger partial charge on any atom is 0.0629 e. The van der Waals surface area contributed by atoms with Crippen LogP contribution < -0.4 is 5.32 Å². The van der Waals surface area contributed by atoms with Crippen molar-refractivity contribution < 1.29 is 0 Å². The first-order chi connectivity index (χ1) is 12.4. The number of para-hydroxylation sites is 2. The second-order valence-corrected chi connectivity index (χ2v) is 5.45. The molecule has 3 aromatic rings. The summed E-state index contributed by atoms with van der Waals surface area (Å²) in [5.74, 6) is 0. The minimum Gasteiger partial charge on any atom is -0.362 e. The first kappa shape index (κ1) is 16.5. The van der Waals surface area contributed by atoms with E-state index in [1.54, 1.807) is 0 Å². The monoisotopic (exact) mass is 324 g/mol. The first-order valence-corrected chi connectivity index (χ1v) is 8.25. The highest BCUT2D eigenvalue weighted by Crippen LogP contribution is 2.16. The van der Waals surface area contributed by atoms with Gasteiger partial charge in [0.2, 0.25) is 0 Å². The Kier molecular flexibility index (Phi) is 5.95. The highest BCUT2D eigenvalue weighted by Gasteiger charge is 1.96. The Morgan fingerprint density at radius 3 is 2.00 bits per heavy atom. The van der Waals surface area contributed by atoms with Crippen LogP contribution >= 0.6 is 0 Å². The zero-order valence-corrected chi connectivity index (χ0v) is 13.9. The van der Waals surface area contributed by atoms with Gasteiger partial charge in [0, 0.05) is 18.1 Å². The Morgan fingerprint density at radius 1 is 0.720 bits per heavy atom. The Hall–Kier alpha value is -3.39. The quantitative estimate of drug-likeness (QED) is 0.430. The summed E-state index contributed by atoms with van der Waals surface area (Å²) in [5.41, 5.74) is 4.23. The summed E-state index contributed by atoms with van der Waals surface area (Å²) in [5, 5.41) is 3.29. The van der Waals surface area contributed by atoms with Crippen LogP contribution in [0.2, 0.25) is 0 Å². The minimum absolute atomic E-state index is 0.942. The highest BCUT2D eigenvalue weighted by atomic mass is 14.8. The van der Waals surface area contributed by atoms with Crippen molar-refractivity contribution in [2.75, 3.05) is 5.32 Å². The summed E-state index contributed by atoms with van der Waals surface area (Å²) in [6.45, 7) is 0. The maximum atomic E-state index is 4.48. The highest BCUT2D eigenvalue weighted by molar-refractivity contribution is 5.89. The molecule has 0 aromatic heterocycles. The zero-order valence-electron chi connectivity index (χ0n) is 13.9. The number of hydrogen-bond donors (Lipinski definition) is 1. The van der Waals surface area contributed by atoms with Crippen molar-refractivity contribution in [3.05, 3.63) is 115 Å². The van der Waals surface area contributed by atoms with E-state index in [-0.39, 0.29) is 0 Å². The van der Waals surface area contributed by atoms with Gasteiger partial charge in [-0.2, -0.15) is 0 Å². The van der Waals surface area contributed by atoms with E-state index in [0.717, 1.165) is 22.5 Å². The molecule has 0 saturated carbocycles. The van der Waals surface area contributed by atoms with Crippen molar-refractivity contribution in [2.45, 2.75) is 0 Å². The second kappa shape index (κ2) is 9.04. The number of aliphatic imine (C=N–C) groups is 1. The van der Waals surface area contributed by atoms with Gasteiger partial charge in [0.1, 0.15) is 0 Å². The van der Waals surface area contributed by atoms with Gasteiger partial charge >= 0.3 is 0 Å². The summed E-state index contributed by atoms with van der Waals surface area (Å²) in [6.07, 6.45) is 7.86. The molecule has 0 fully saturated rings. The van der Waals surface area contributed by atoms with Crippen LogP contribution in [-0.2, 0) is 0 Å². The summed E-state index contributed by atoms with van der Waals surface area (Å²) in [7, 11) is 0. The van der Waals surface area contributed by atoms with E-state index in [0.29, 0.717) is 0 Å². The van der Waals surface area contributed by atoms with Gasteiger partial charge in [0.25, 0.3) is 0 Å². The predicted molar refractivity (Wildman–Crippen MR) is 108 cm³/mol. The molecule has 122 valence electrons. The molecular weight excluding hydrogens is 304 g/mol. The summed E-state index contributed by atoms with van der Waals surface area (Å²) in [6, 6.07) is 30.3. The first-order valence-electron chi connectivity index (χ1n) is 8.25. The fourth-order valence-electron chi connectivity index (χ4n) is 2.36. The molecule has 0 bridgehead atoms. The van der Waals surface area contributed by atoms with Gasteiger partial charge in [-0.3, -0.25) is 4.99 Å². The van der Waals surface area contributed by atoms with E-state index >= 15 is 0 Å². The minimum atomic E-state index is 0.942. The number of benzene rings is 3. The van der Waals surface area contributed by atoms with Crippen LogP contribution in [-0.4, -0.2) is 6.21 Å². The van der Waals surface area contributed by atoms with E-state index in [1.807, 2.05) is 97.4 Å². The lowest BCUT2D eigenvalue weighted by atomic mass is 10.1. The number of anilines is 1. The molecule has 0 atom stereocenters. The van der Waals surface area contributed by atoms with Gasteiger partial charge in [0.05, 0.1) is 5.69 Å².